The summed E-state index contributed by atoms with van der Waals surface area (Å²) < 4.78 is 41.7. The van der Waals surface area contributed by atoms with Crippen LogP contribution in [-0.4, -0.2) is 34.6 Å². The molecule has 158 valence electrons. The van der Waals surface area contributed by atoms with Crippen molar-refractivity contribution in [1.82, 2.24) is 9.97 Å². The van der Waals surface area contributed by atoms with Crippen LogP contribution in [-0.2, 0) is 0 Å². The Hall–Kier alpha value is -3.33. The molecule has 2 aromatic carbocycles. The van der Waals surface area contributed by atoms with Gasteiger partial charge in [-0.3, -0.25) is 0 Å². The Morgan fingerprint density at radius 2 is 1.80 bits per heavy atom. The number of aliphatic hydroxyl groups is 1. The van der Waals surface area contributed by atoms with E-state index in [9.17, 15) is 13.2 Å². The summed E-state index contributed by atoms with van der Waals surface area (Å²) in [5.41, 5.74) is 2.77. The average Bonchev–Trinajstić information content (AvgIpc) is 2.69. The maximum atomic E-state index is 12.6. The molecular weight excluding hydrogens is 397 g/mol. The van der Waals surface area contributed by atoms with Crippen LogP contribution < -0.4 is 15.4 Å². The summed E-state index contributed by atoms with van der Waals surface area (Å²) >= 11 is 0. The van der Waals surface area contributed by atoms with Crippen molar-refractivity contribution < 1.29 is 23.0 Å². The zero-order valence-corrected chi connectivity index (χ0v) is 16.2. The van der Waals surface area contributed by atoms with E-state index in [-0.39, 0.29) is 18.3 Å². The van der Waals surface area contributed by atoms with Crippen LogP contribution in [0.4, 0.5) is 30.6 Å². The summed E-state index contributed by atoms with van der Waals surface area (Å²) in [6.45, 7) is 2.44. The summed E-state index contributed by atoms with van der Waals surface area (Å²) in [6.07, 6.45) is -4.28. The molecule has 3 aromatic rings. The maximum absolute atomic E-state index is 12.6. The predicted octanol–water partition coefficient (Wildman–Crippen LogP) is 4.89. The van der Waals surface area contributed by atoms with Gasteiger partial charge in [-0.2, -0.15) is 4.98 Å². The standard InChI is InChI=1S/C21H21F3N4O2/c1-14-6-8-16(9-7-14)26-19-13-18(27-20(28-19)25-10-3-11-29)15-4-2-5-17(12-15)30-21(22,23)24/h2,4-9,12-13,29H,3,10-11H2,1H3,(H2,25,26,27,28). The molecule has 0 bridgehead atoms. The molecule has 0 radical (unpaired) electrons. The van der Waals surface area contributed by atoms with Crippen molar-refractivity contribution in [2.45, 2.75) is 19.7 Å². The van der Waals surface area contributed by atoms with Crippen molar-refractivity contribution in [2.75, 3.05) is 23.8 Å². The molecule has 3 N–H and O–H groups in total. The van der Waals surface area contributed by atoms with Gasteiger partial charge in [0.05, 0.1) is 5.69 Å². The van der Waals surface area contributed by atoms with Crippen LogP contribution in [0, 0.1) is 6.92 Å². The minimum absolute atomic E-state index is 0.0119. The zero-order chi connectivity index (χ0) is 21.6. The number of anilines is 3. The van der Waals surface area contributed by atoms with Crippen LogP contribution in [0.5, 0.6) is 5.75 Å². The second-order valence-corrected chi connectivity index (χ2v) is 6.53. The van der Waals surface area contributed by atoms with Crippen molar-refractivity contribution in [3.05, 3.63) is 60.2 Å². The zero-order valence-electron chi connectivity index (χ0n) is 16.2. The number of hydrogen-bond acceptors (Lipinski definition) is 6. The average molecular weight is 418 g/mol. The molecule has 0 aliphatic heterocycles. The van der Waals surface area contributed by atoms with E-state index in [0.717, 1.165) is 11.3 Å². The van der Waals surface area contributed by atoms with Crippen LogP contribution in [0.25, 0.3) is 11.3 Å². The summed E-state index contributed by atoms with van der Waals surface area (Å²) in [6, 6.07) is 14.9. The van der Waals surface area contributed by atoms with E-state index in [4.69, 9.17) is 5.11 Å². The molecule has 0 spiro atoms. The maximum Gasteiger partial charge on any atom is 0.573 e. The molecule has 3 rings (SSSR count). The highest BCUT2D eigenvalue weighted by atomic mass is 19.4. The number of nitrogens with zero attached hydrogens (tertiary/aromatic N) is 2. The van der Waals surface area contributed by atoms with Crippen LogP contribution >= 0.6 is 0 Å². The van der Waals surface area contributed by atoms with E-state index in [1.54, 1.807) is 12.1 Å². The van der Waals surface area contributed by atoms with E-state index in [1.165, 1.54) is 18.2 Å². The lowest BCUT2D eigenvalue weighted by molar-refractivity contribution is -0.274. The fourth-order valence-corrected chi connectivity index (χ4v) is 2.65. The fraction of sp³-hybridized carbons (Fsp3) is 0.238. The van der Waals surface area contributed by atoms with Crippen LogP contribution in [0.1, 0.15) is 12.0 Å². The van der Waals surface area contributed by atoms with E-state index < -0.39 is 6.36 Å². The highest BCUT2D eigenvalue weighted by Crippen LogP contribution is 2.29. The van der Waals surface area contributed by atoms with Crippen LogP contribution in [0.3, 0.4) is 0 Å². The van der Waals surface area contributed by atoms with E-state index >= 15 is 0 Å². The molecule has 9 heteroatoms. The summed E-state index contributed by atoms with van der Waals surface area (Å²) in [7, 11) is 0. The molecule has 30 heavy (non-hydrogen) atoms. The monoisotopic (exact) mass is 418 g/mol. The Balaban J connectivity index is 1.93. The molecule has 1 aromatic heterocycles. The van der Waals surface area contributed by atoms with Gasteiger partial charge < -0.3 is 20.5 Å². The Kier molecular flexibility index (Phi) is 6.73. The molecule has 0 saturated heterocycles. The van der Waals surface area contributed by atoms with Crippen molar-refractivity contribution in [3.8, 4) is 17.0 Å². The van der Waals surface area contributed by atoms with E-state index in [0.29, 0.717) is 30.0 Å². The number of aryl methyl sites for hydroxylation is 1. The summed E-state index contributed by atoms with van der Waals surface area (Å²) in [5, 5.41) is 15.2. The molecule has 6 nitrogen and oxygen atoms in total. The summed E-state index contributed by atoms with van der Waals surface area (Å²) in [4.78, 5) is 8.79. The highest BCUT2D eigenvalue weighted by Gasteiger charge is 2.31. The molecule has 0 fully saturated rings. The van der Waals surface area contributed by atoms with Gasteiger partial charge >= 0.3 is 6.36 Å². The number of halogens is 3. The number of ether oxygens (including phenoxy) is 1. The van der Waals surface area contributed by atoms with Gasteiger partial charge in [-0.05, 0) is 37.6 Å². The third-order valence-electron chi connectivity index (χ3n) is 4.03. The molecule has 0 amide bonds. The van der Waals surface area contributed by atoms with Crippen molar-refractivity contribution >= 4 is 17.5 Å². The SMILES string of the molecule is Cc1ccc(Nc2cc(-c3cccc(OC(F)(F)F)c3)nc(NCCCO)n2)cc1. The van der Waals surface area contributed by atoms with Crippen molar-refractivity contribution in [3.63, 3.8) is 0 Å². The highest BCUT2D eigenvalue weighted by molar-refractivity contribution is 5.68. The largest absolute Gasteiger partial charge is 0.573 e. The Bertz CT molecular complexity index is 979. The molecular formula is C21H21F3N4O2. The third-order valence-corrected chi connectivity index (χ3v) is 4.03. The predicted molar refractivity (Wildman–Crippen MR) is 109 cm³/mol. The lowest BCUT2D eigenvalue weighted by Gasteiger charge is -2.13. The Morgan fingerprint density at radius 3 is 2.50 bits per heavy atom. The van der Waals surface area contributed by atoms with Gasteiger partial charge in [0.1, 0.15) is 11.6 Å². The number of benzene rings is 2. The normalized spacial score (nSPS) is 11.2. The van der Waals surface area contributed by atoms with Crippen molar-refractivity contribution in [1.29, 1.82) is 0 Å². The quantitative estimate of drug-likeness (QED) is 0.452. The summed E-state index contributed by atoms with van der Waals surface area (Å²) in [5.74, 6) is 0.427. The fourth-order valence-electron chi connectivity index (χ4n) is 2.65. The number of aliphatic hydroxyl groups excluding tert-OH is 1. The van der Waals surface area contributed by atoms with Crippen molar-refractivity contribution in [2.24, 2.45) is 0 Å². The van der Waals surface area contributed by atoms with Gasteiger partial charge in [0, 0.05) is 30.5 Å². The number of nitrogens with one attached hydrogen (secondary N) is 2. The van der Waals surface area contributed by atoms with Gasteiger partial charge in [-0.25, -0.2) is 4.98 Å². The first kappa shape index (κ1) is 21.4. The Morgan fingerprint density at radius 1 is 1.03 bits per heavy atom. The van der Waals surface area contributed by atoms with Gasteiger partial charge in [0.25, 0.3) is 0 Å². The number of alkyl halides is 3. The molecule has 0 saturated carbocycles. The topological polar surface area (TPSA) is 79.3 Å². The molecule has 0 aliphatic carbocycles. The molecule has 0 unspecified atom stereocenters. The van der Waals surface area contributed by atoms with E-state index in [1.807, 2.05) is 31.2 Å². The third kappa shape index (κ3) is 6.35. The minimum atomic E-state index is -4.78. The first-order chi connectivity index (χ1) is 14.3. The first-order valence-corrected chi connectivity index (χ1v) is 9.26. The number of rotatable bonds is 8. The van der Waals surface area contributed by atoms with Crippen LogP contribution in [0.2, 0.25) is 0 Å². The Labute approximate surface area is 171 Å². The van der Waals surface area contributed by atoms with Gasteiger partial charge in [0.15, 0.2) is 0 Å². The smallest absolute Gasteiger partial charge is 0.406 e. The number of hydrogen-bond donors (Lipinski definition) is 3. The minimum Gasteiger partial charge on any atom is -0.406 e. The molecule has 0 atom stereocenters. The molecule has 0 aliphatic rings. The lowest BCUT2D eigenvalue weighted by Crippen LogP contribution is -2.17. The molecule has 1 heterocycles. The second-order valence-electron chi connectivity index (χ2n) is 6.53. The second kappa shape index (κ2) is 9.45. The van der Waals surface area contributed by atoms with Gasteiger partial charge in [0.2, 0.25) is 5.95 Å². The first-order valence-electron chi connectivity index (χ1n) is 9.26. The van der Waals surface area contributed by atoms with Crippen LogP contribution in [0.15, 0.2) is 54.6 Å². The van der Waals surface area contributed by atoms with Gasteiger partial charge in [-0.1, -0.05) is 29.8 Å². The van der Waals surface area contributed by atoms with Gasteiger partial charge in [-0.15, -0.1) is 13.2 Å². The van der Waals surface area contributed by atoms with E-state index in [2.05, 4.69) is 25.3 Å². The number of aromatic nitrogens is 2. The lowest BCUT2D eigenvalue weighted by atomic mass is 10.1.